The Hall–Kier alpha value is -3.33. The molecule has 4 aromatic rings. The third kappa shape index (κ3) is 2.32. The van der Waals surface area contributed by atoms with Gasteiger partial charge in [0.2, 0.25) is 0 Å². The van der Waals surface area contributed by atoms with Crippen LogP contribution in [0.15, 0.2) is 49.1 Å². The summed E-state index contributed by atoms with van der Waals surface area (Å²) in [5.41, 5.74) is 2.81. The van der Waals surface area contributed by atoms with E-state index in [0.29, 0.717) is 11.6 Å². The molecule has 6 nitrogen and oxygen atoms in total. The van der Waals surface area contributed by atoms with Crippen molar-refractivity contribution in [1.29, 1.82) is 5.26 Å². The minimum Gasteiger partial charge on any atom is -0.356 e. The highest BCUT2D eigenvalue weighted by molar-refractivity contribution is 6.02. The second-order valence-corrected chi connectivity index (χ2v) is 6.76. The number of anilines is 1. The lowest BCUT2D eigenvalue weighted by molar-refractivity contribution is 0.405. The number of piperidine rings is 1. The van der Waals surface area contributed by atoms with Gasteiger partial charge < -0.3 is 14.5 Å². The smallest absolute Gasteiger partial charge is 0.139 e. The molecule has 0 atom stereocenters. The summed E-state index contributed by atoms with van der Waals surface area (Å²) < 4.78 is 2.41. The minimum atomic E-state index is 0.475. The molecule has 0 radical (unpaired) electrons. The van der Waals surface area contributed by atoms with Gasteiger partial charge in [0.15, 0.2) is 0 Å². The van der Waals surface area contributed by atoms with E-state index in [1.807, 2.05) is 24.5 Å². The molecule has 4 aromatic heterocycles. The summed E-state index contributed by atoms with van der Waals surface area (Å²) in [6.07, 6.45) is 9.88. The lowest BCUT2D eigenvalue weighted by atomic mass is 10.0. The van der Waals surface area contributed by atoms with Crippen LogP contribution in [0.1, 0.15) is 24.4 Å². The van der Waals surface area contributed by atoms with E-state index in [-0.39, 0.29) is 0 Å². The highest BCUT2D eigenvalue weighted by Gasteiger charge is 2.23. The van der Waals surface area contributed by atoms with Gasteiger partial charge >= 0.3 is 0 Å². The van der Waals surface area contributed by atoms with Crippen LogP contribution >= 0.6 is 0 Å². The fourth-order valence-electron chi connectivity index (χ4n) is 3.97. The number of aromatic amines is 1. The van der Waals surface area contributed by atoms with E-state index < -0.39 is 0 Å². The van der Waals surface area contributed by atoms with Gasteiger partial charge in [-0.1, -0.05) is 0 Å². The number of aromatic nitrogens is 4. The summed E-state index contributed by atoms with van der Waals surface area (Å²) >= 11 is 0. The van der Waals surface area contributed by atoms with Crippen LogP contribution in [0.3, 0.4) is 0 Å². The molecule has 26 heavy (non-hydrogen) atoms. The molecule has 0 aliphatic carbocycles. The van der Waals surface area contributed by atoms with Crippen molar-refractivity contribution in [3.05, 3.63) is 54.6 Å². The Morgan fingerprint density at radius 1 is 1.08 bits per heavy atom. The van der Waals surface area contributed by atoms with E-state index in [1.165, 1.54) is 16.3 Å². The van der Waals surface area contributed by atoms with Gasteiger partial charge in [-0.3, -0.25) is 0 Å². The standard InChI is InChI=1S/C20H18N6/c21-11-14-1-2-18(23-12-14)25-8-5-16(6-9-25)26-10-4-15-13-24-20-17(19(15)26)3-7-22-20/h1-4,7,10,12-13,16H,5-6,8-9H2,(H,22,24). The maximum Gasteiger partial charge on any atom is 0.139 e. The predicted molar refractivity (Wildman–Crippen MR) is 101 cm³/mol. The molecule has 6 heteroatoms. The molecular formula is C20H18N6. The normalized spacial score (nSPS) is 15.6. The molecule has 0 unspecified atom stereocenters. The SMILES string of the molecule is N#Cc1ccc(N2CCC(n3ccc4cnc5[nH]ccc5c43)CC2)nc1. The third-order valence-electron chi connectivity index (χ3n) is 5.32. The first kappa shape index (κ1) is 15.0. The molecular weight excluding hydrogens is 324 g/mol. The Morgan fingerprint density at radius 3 is 2.73 bits per heavy atom. The van der Waals surface area contributed by atoms with E-state index in [9.17, 15) is 0 Å². The van der Waals surface area contributed by atoms with Gasteiger partial charge in [-0.25, -0.2) is 9.97 Å². The number of nitriles is 1. The second-order valence-electron chi connectivity index (χ2n) is 6.76. The Labute approximate surface area is 150 Å². The number of H-pyrrole nitrogens is 1. The zero-order valence-corrected chi connectivity index (χ0v) is 14.3. The van der Waals surface area contributed by atoms with Crippen molar-refractivity contribution in [2.24, 2.45) is 0 Å². The number of rotatable bonds is 2. The summed E-state index contributed by atoms with van der Waals surface area (Å²) in [7, 11) is 0. The van der Waals surface area contributed by atoms with Crippen molar-refractivity contribution in [3.63, 3.8) is 0 Å². The Balaban J connectivity index is 1.41. The topological polar surface area (TPSA) is 73.5 Å². The largest absolute Gasteiger partial charge is 0.356 e. The van der Waals surface area contributed by atoms with E-state index >= 15 is 0 Å². The number of pyridine rings is 2. The fourth-order valence-corrected chi connectivity index (χ4v) is 3.97. The molecule has 1 N–H and O–H groups in total. The van der Waals surface area contributed by atoms with Crippen molar-refractivity contribution in [2.45, 2.75) is 18.9 Å². The van der Waals surface area contributed by atoms with Crippen LogP contribution in [0.2, 0.25) is 0 Å². The summed E-state index contributed by atoms with van der Waals surface area (Å²) in [5, 5.41) is 11.3. The molecule has 0 bridgehead atoms. The molecule has 0 aromatic carbocycles. The van der Waals surface area contributed by atoms with Crippen molar-refractivity contribution >= 4 is 27.8 Å². The molecule has 5 rings (SSSR count). The van der Waals surface area contributed by atoms with Crippen LogP contribution in [-0.4, -0.2) is 32.6 Å². The third-order valence-corrected chi connectivity index (χ3v) is 5.32. The van der Waals surface area contributed by atoms with E-state index in [2.05, 4.69) is 48.8 Å². The van der Waals surface area contributed by atoms with Gasteiger partial charge in [-0.15, -0.1) is 0 Å². The maximum atomic E-state index is 8.91. The lowest BCUT2D eigenvalue weighted by Gasteiger charge is -2.34. The van der Waals surface area contributed by atoms with Crippen LogP contribution in [0.4, 0.5) is 5.82 Å². The number of fused-ring (bicyclic) bond motifs is 3. The van der Waals surface area contributed by atoms with Crippen LogP contribution in [0.25, 0.3) is 21.9 Å². The van der Waals surface area contributed by atoms with Crippen molar-refractivity contribution in [1.82, 2.24) is 19.5 Å². The summed E-state index contributed by atoms with van der Waals surface area (Å²) in [5.74, 6) is 0.956. The van der Waals surface area contributed by atoms with Crippen LogP contribution < -0.4 is 4.90 Å². The van der Waals surface area contributed by atoms with E-state index in [1.54, 1.807) is 6.20 Å². The molecule has 0 amide bonds. The van der Waals surface area contributed by atoms with Gasteiger partial charge in [0, 0.05) is 54.7 Å². The first-order valence-corrected chi connectivity index (χ1v) is 8.87. The summed E-state index contributed by atoms with van der Waals surface area (Å²) in [6, 6.07) is 10.6. The molecule has 5 heterocycles. The average Bonchev–Trinajstić information content (AvgIpc) is 3.34. The average molecular weight is 342 g/mol. The minimum absolute atomic E-state index is 0.475. The first-order valence-electron chi connectivity index (χ1n) is 8.87. The maximum absolute atomic E-state index is 8.91. The molecule has 1 saturated heterocycles. The summed E-state index contributed by atoms with van der Waals surface area (Å²) in [6.45, 7) is 1.93. The fraction of sp³-hybridized carbons (Fsp3) is 0.250. The van der Waals surface area contributed by atoms with Crippen LogP contribution in [-0.2, 0) is 0 Å². The monoisotopic (exact) mass is 342 g/mol. The Bertz CT molecular complexity index is 1110. The van der Waals surface area contributed by atoms with Gasteiger partial charge in [0.05, 0.1) is 11.1 Å². The molecule has 1 aliphatic rings. The van der Waals surface area contributed by atoms with Crippen molar-refractivity contribution in [3.8, 4) is 6.07 Å². The van der Waals surface area contributed by atoms with Crippen LogP contribution in [0.5, 0.6) is 0 Å². The van der Waals surface area contributed by atoms with Gasteiger partial charge in [-0.2, -0.15) is 5.26 Å². The molecule has 1 fully saturated rings. The Morgan fingerprint density at radius 2 is 1.96 bits per heavy atom. The van der Waals surface area contributed by atoms with Gasteiger partial charge in [-0.05, 0) is 37.1 Å². The van der Waals surface area contributed by atoms with Crippen LogP contribution in [0, 0.1) is 11.3 Å². The van der Waals surface area contributed by atoms with Crippen molar-refractivity contribution in [2.75, 3.05) is 18.0 Å². The highest BCUT2D eigenvalue weighted by Crippen LogP contribution is 2.32. The number of nitrogens with one attached hydrogen (secondary N) is 1. The highest BCUT2D eigenvalue weighted by atomic mass is 15.2. The second kappa shape index (κ2) is 5.88. The molecule has 0 saturated carbocycles. The number of hydrogen-bond acceptors (Lipinski definition) is 4. The molecule has 1 aliphatic heterocycles. The quantitative estimate of drug-likeness (QED) is 0.604. The number of hydrogen-bond donors (Lipinski definition) is 1. The van der Waals surface area contributed by atoms with E-state index in [0.717, 1.165) is 37.4 Å². The van der Waals surface area contributed by atoms with Gasteiger partial charge in [0.1, 0.15) is 17.5 Å². The zero-order valence-electron chi connectivity index (χ0n) is 14.3. The van der Waals surface area contributed by atoms with E-state index in [4.69, 9.17) is 5.26 Å². The zero-order chi connectivity index (χ0) is 17.5. The molecule has 0 spiro atoms. The van der Waals surface area contributed by atoms with Crippen molar-refractivity contribution < 1.29 is 0 Å². The lowest BCUT2D eigenvalue weighted by Crippen LogP contribution is -2.35. The Kier molecular flexibility index (Phi) is 3.39. The van der Waals surface area contributed by atoms with Gasteiger partial charge in [0.25, 0.3) is 0 Å². The number of nitrogens with zero attached hydrogens (tertiary/aromatic N) is 5. The molecule has 128 valence electrons. The first-order chi connectivity index (χ1) is 12.8. The predicted octanol–water partition coefficient (Wildman–Crippen LogP) is 3.63. The summed E-state index contributed by atoms with van der Waals surface area (Å²) in [4.78, 5) is 14.4.